The molecule has 1 unspecified atom stereocenters. The zero-order chi connectivity index (χ0) is 22.8. The second-order valence-corrected chi connectivity index (χ2v) is 7.97. The lowest BCUT2D eigenvalue weighted by Gasteiger charge is -2.31. The van der Waals surface area contributed by atoms with Crippen molar-refractivity contribution in [3.8, 4) is 23.0 Å². The van der Waals surface area contributed by atoms with Crippen molar-refractivity contribution in [1.82, 2.24) is 24.3 Å². The summed E-state index contributed by atoms with van der Waals surface area (Å²) >= 11 is 0. The predicted molar refractivity (Wildman–Crippen MR) is 126 cm³/mol. The number of nitrogen functional groups attached to an aromatic ring is 1. The van der Waals surface area contributed by atoms with Crippen LogP contribution < -0.4 is 10.5 Å². The number of imidazole rings is 1. The van der Waals surface area contributed by atoms with Crippen molar-refractivity contribution < 1.29 is 9.53 Å². The maximum absolute atomic E-state index is 12.2. The third kappa shape index (κ3) is 4.03. The van der Waals surface area contributed by atoms with Gasteiger partial charge in [0, 0.05) is 43.0 Å². The van der Waals surface area contributed by atoms with E-state index in [0.717, 1.165) is 36.2 Å². The smallest absolute Gasteiger partial charge is 0.245 e. The van der Waals surface area contributed by atoms with Crippen LogP contribution in [-0.4, -0.2) is 43.2 Å². The number of likely N-dealkylation sites (tertiary alicyclic amines) is 1. The van der Waals surface area contributed by atoms with Crippen LogP contribution in [0.5, 0.6) is 11.6 Å². The molecule has 166 valence electrons. The summed E-state index contributed by atoms with van der Waals surface area (Å²) in [5.74, 6) is 2.35. The summed E-state index contributed by atoms with van der Waals surface area (Å²) in [6.07, 6.45) is 6.62. The number of aromatic nitrogens is 4. The second-order valence-electron chi connectivity index (χ2n) is 7.97. The molecule has 1 atom stereocenters. The molecule has 33 heavy (non-hydrogen) atoms. The Labute approximate surface area is 191 Å². The zero-order valence-corrected chi connectivity index (χ0v) is 18.1. The molecule has 0 saturated carbocycles. The summed E-state index contributed by atoms with van der Waals surface area (Å²) in [6.45, 7) is 4.97. The van der Waals surface area contributed by atoms with Gasteiger partial charge in [-0.3, -0.25) is 9.20 Å². The fourth-order valence-corrected chi connectivity index (χ4v) is 4.31. The van der Waals surface area contributed by atoms with Gasteiger partial charge in [-0.1, -0.05) is 12.6 Å². The van der Waals surface area contributed by atoms with Gasteiger partial charge in [0.2, 0.25) is 17.7 Å². The van der Waals surface area contributed by atoms with Gasteiger partial charge in [0.05, 0.1) is 11.2 Å². The van der Waals surface area contributed by atoms with Crippen LogP contribution in [0.15, 0.2) is 73.6 Å². The summed E-state index contributed by atoms with van der Waals surface area (Å²) < 4.78 is 7.68. The average molecular weight is 441 g/mol. The number of amides is 1. The van der Waals surface area contributed by atoms with Gasteiger partial charge in [0.1, 0.15) is 11.6 Å². The van der Waals surface area contributed by atoms with E-state index in [2.05, 4.69) is 16.5 Å². The topological polar surface area (TPSA) is 98.6 Å². The largest absolute Gasteiger partial charge is 0.439 e. The van der Waals surface area contributed by atoms with Crippen molar-refractivity contribution in [3.63, 3.8) is 0 Å². The number of carbonyl (C=O) groups is 1. The van der Waals surface area contributed by atoms with E-state index in [-0.39, 0.29) is 11.8 Å². The summed E-state index contributed by atoms with van der Waals surface area (Å²) in [4.78, 5) is 27.5. The van der Waals surface area contributed by atoms with E-state index < -0.39 is 0 Å². The Bertz CT molecular complexity index is 1300. The number of pyridine rings is 1. The van der Waals surface area contributed by atoms with Gasteiger partial charge in [-0.25, -0.2) is 15.0 Å². The van der Waals surface area contributed by atoms with Crippen LogP contribution in [0.3, 0.4) is 0 Å². The first-order valence-electron chi connectivity index (χ1n) is 10.9. The molecule has 1 saturated heterocycles. The number of nitrogens with two attached hydrogens (primary N) is 1. The lowest BCUT2D eigenvalue weighted by Crippen LogP contribution is -2.38. The molecule has 8 nitrogen and oxygen atoms in total. The molecular weight excluding hydrogens is 416 g/mol. The molecule has 1 fully saturated rings. The maximum atomic E-state index is 12.2. The van der Waals surface area contributed by atoms with Crippen molar-refractivity contribution >= 4 is 17.4 Å². The Balaban J connectivity index is 1.50. The minimum atomic E-state index is -0.0480. The molecule has 1 aliphatic heterocycles. The van der Waals surface area contributed by atoms with Crippen LogP contribution in [0.25, 0.3) is 16.9 Å². The van der Waals surface area contributed by atoms with Crippen LogP contribution in [-0.2, 0) is 4.79 Å². The number of benzene rings is 1. The van der Waals surface area contributed by atoms with E-state index in [1.165, 1.54) is 6.08 Å². The van der Waals surface area contributed by atoms with E-state index in [1.54, 1.807) is 18.5 Å². The average Bonchev–Trinajstić information content (AvgIpc) is 3.26. The van der Waals surface area contributed by atoms with E-state index in [9.17, 15) is 4.79 Å². The molecule has 4 heterocycles. The summed E-state index contributed by atoms with van der Waals surface area (Å²) in [5, 5.41) is 0. The van der Waals surface area contributed by atoms with Crippen LogP contribution in [0.4, 0.5) is 5.95 Å². The fraction of sp³-hybridized carbons (Fsp3) is 0.200. The monoisotopic (exact) mass is 440 g/mol. The molecule has 8 heteroatoms. The second kappa shape index (κ2) is 8.74. The molecule has 1 aromatic carbocycles. The normalized spacial score (nSPS) is 16.0. The van der Waals surface area contributed by atoms with Crippen molar-refractivity contribution in [2.45, 2.75) is 18.8 Å². The van der Waals surface area contributed by atoms with E-state index in [1.807, 2.05) is 51.8 Å². The molecular formula is C25H24N6O2. The van der Waals surface area contributed by atoms with E-state index in [4.69, 9.17) is 15.5 Å². The number of nitrogens with zero attached hydrogens (tertiary/aromatic N) is 5. The van der Waals surface area contributed by atoms with Crippen LogP contribution in [0, 0.1) is 0 Å². The Kier molecular flexibility index (Phi) is 5.48. The minimum Gasteiger partial charge on any atom is -0.439 e. The highest BCUT2D eigenvalue weighted by molar-refractivity contribution is 5.87. The van der Waals surface area contributed by atoms with E-state index >= 15 is 0 Å². The lowest BCUT2D eigenvalue weighted by molar-refractivity contribution is -0.127. The molecule has 3 aromatic heterocycles. The summed E-state index contributed by atoms with van der Waals surface area (Å²) in [7, 11) is 0. The fourth-order valence-electron chi connectivity index (χ4n) is 4.31. The standard InChI is InChI=1S/C25H24N6O2/c1-2-22(32)30-15-5-6-18(16-30)23-20-12-14-28-25(26)31(20)24(29-23)17-8-10-19(11-9-17)33-21-7-3-4-13-27-21/h2-4,7-14,18H,1,5-6,15-16H2,(H2,26,28). The first-order valence-corrected chi connectivity index (χ1v) is 10.9. The quantitative estimate of drug-likeness (QED) is 0.470. The van der Waals surface area contributed by atoms with Crippen molar-refractivity contribution in [2.24, 2.45) is 0 Å². The van der Waals surface area contributed by atoms with Gasteiger partial charge in [-0.05, 0) is 55.3 Å². The number of anilines is 1. The number of hydrogen-bond acceptors (Lipinski definition) is 6. The molecule has 0 bridgehead atoms. The Morgan fingerprint density at radius 3 is 2.73 bits per heavy atom. The van der Waals surface area contributed by atoms with Crippen molar-refractivity contribution in [1.29, 1.82) is 0 Å². The highest BCUT2D eigenvalue weighted by Crippen LogP contribution is 2.34. The maximum Gasteiger partial charge on any atom is 0.245 e. The third-order valence-corrected chi connectivity index (χ3v) is 5.88. The first kappa shape index (κ1) is 20.7. The van der Waals surface area contributed by atoms with Crippen LogP contribution in [0.2, 0.25) is 0 Å². The first-order chi connectivity index (χ1) is 16.1. The van der Waals surface area contributed by atoms with Gasteiger partial charge in [-0.15, -0.1) is 0 Å². The van der Waals surface area contributed by atoms with E-state index in [0.29, 0.717) is 29.9 Å². The lowest BCUT2D eigenvalue weighted by atomic mass is 9.94. The van der Waals surface area contributed by atoms with Gasteiger partial charge >= 0.3 is 0 Å². The van der Waals surface area contributed by atoms with Crippen molar-refractivity contribution in [2.75, 3.05) is 18.8 Å². The van der Waals surface area contributed by atoms with Gasteiger partial charge < -0.3 is 15.4 Å². The Hall–Kier alpha value is -4.20. The zero-order valence-electron chi connectivity index (χ0n) is 18.1. The molecule has 5 rings (SSSR count). The molecule has 0 aliphatic carbocycles. The highest BCUT2D eigenvalue weighted by Gasteiger charge is 2.28. The molecule has 1 amide bonds. The summed E-state index contributed by atoms with van der Waals surface area (Å²) in [5.41, 5.74) is 8.99. The number of rotatable bonds is 5. The minimum absolute atomic E-state index is 0.0480. The third-order valence-electron chi connectivity index (χ3n) is 5.88. The number of ether oxygens (including phenoxy) is 1. The Morgan fingerprint density at radius 1 is 1.12 bits per heavy atom. The predicted octanol–water partition coefficient (Wildman–Crippen LogP) is 4.06. The Morgan fingerprint density at radius 2 is 1.97 bits per heavy atom. The SMILES string of the molecule is C=CC(=O)N1CCCC(c2nc(-c3ccc(Oc4ccccn4)cc3)n3c(N)nccc23)C1. The highest BCUT2D eigenvalue weighted by atomic mass is 16.5. The number of hydrogen-bond donors (Lipinski definition) is 1. The number of fused-ring (bicyclic) bond motifs is 1. The number of piperidine rings is 1. The molecule has 1 aliphatic rings. The van der Waals surface area contributed by atoms with Crippen LogP contribution >= 0.6 is 0 Å². The molecule has 0 radical (unpaired) electrons. The van der Waals surface area contributed by atoms with Gasteiger partial charge in [-0.2, -0.15) is 0 Å². The molecule has 0 spiro atoms. The molecule has 4 aromatic rings. The number of carbonyl (C=O) groups excluding carboxylic acids is 1. The summed E-state index contributed by atoms with van der Waals surface area (Å²) in [6, 6.07) is 15.1. The van der Waals surface area contributed by atoms with Crippen LogP contribution in [0.1, 0.15) is 24.5 Å². The molecule has 2 N–H and O–H groups in total. The van der Waals surface area contributed by atoms with Crippen molar-refractivity contribution in [3.05, 3.63) is 79.3 Å². The van der Waals surface area contributed by atoms with Gasteiger partial charge in [0.15, 0.2) is 0 Å². The van der Waals surface area contributed by atoms with Gasteiger partial charge in [0.25, 0.3) is 0 Å².